The molecule has 4 aliphatic rings. The lowest BCUT2D eigenvalue weighted by atomic mass is 10.1. The average molecular weight is 439 g/mol. The van der Waals surface area contributed by atoms with Crippen molar-refractivity contribution in [3.63, 3.8) is 0 Å². The summed E-state index contributed by atoms with van der Waals surface area (Å²) in [5.74, 6) is 7.29. The lowest BCUT2D eigenvalue weighted by Gasteiger charge is -2.29. The van der Waals surface area contributed by atoms with E-state index in [9.17, 15) is 4.79 Å². The van der Waals surface area contributed by atoms with E-state index in [4.69, 9.17) is 15.3 Å². The van der Waals surface area contributed by atoms with Crippen molar-refractivity contribution in [1.29, 1.82) is 0 Å². The predicted octanol–water partition coefficient (Wildman–Crippen LogP) is 1.57. The van der Waals surface area contributed by atoms with Crippen molar-refractivity contribution < 1.29 is 9.21 Å². The van der Waals surface area contributed by atoms with Gasteiger partial charge in [-0.15, -0.1) is 11.3 Å². The fraction of sp³-hybridized carbons (Fsp3) is 0.350. The molecule has 2 N–H and O–H groups in total. The van der Waals surface area contributed by atoms with E-state index in [-0.39, 0.29) is 6.03 Å². The van der Waals surface area contributed by atoms with Gasteiger partial charge < -0.3 is 4.42 Å². The Balaban J connectivity index is 1.27. The molecule has 2 aromatic heterocycles. The summed E-state index contributed by atoms with van der Waals surface area (Å²) in [4.78, 5) is 28.0. The number of hydrazine groups is 2. The van der Waals surface area contributed by atoms with E-state index in [1.54, 1.807) is 29.3 Å². The Morgan fingerprint density at radius 2 is 2.23 bits per heavy atom. The summed E-state index contributed by atoms with van der Waals surface area (Å²) in [5.41, 5.74) is 2.68. The van der Waals surface area contributed by atoms with Crippen molar-refractivity contribution >= 4 is 35.2 Å². The Morgan fingerprint density at radius 3 is 3.06 bits per heavy atom. The van der Waals surface area contributed by atoms with E-state index in [1.165, 1.54) is 21.8 Å². The average Bonchev–Trinajstić information content (AvgIpc) is 3.55. The molecule has 0 saturated carbocycles. The molecule has 1 atom stereocenters. The summed E-state index contributed by atoms with van der Waals surface area (Å²) >= 11 is 1.83. The second-order valence-corrected chi connectivity index (χ2v) is 8.87. The summed E-state index contributed by atoms with van der Waals surface area (Å²) in [6.45, 7) is 3.30. The van der Waals surface area contributed by atoms with Crippen LogP contribution in [-0.2, 0) is 13.0 Å². The maximum absolute atomic E-state index is 13.1. The molecule has 2 aromatic rings. The first-order valence-electron chi connectivity index (χ1n) is 10.2. The van der Waals surface area contributed by atoms with Crippen LogP contribution < -0.4 is 5.84 Å². The van der Waals surface area contributed by atoms with Crippen LogP contribution >= 0.6 is 11.3 Å². The summed E-state index contributed by atoms with van der Waals surface area (Å²) in [7, 11) is 1.75. The van der Waals surface area contributed by atoms with Crippen molar-refractivity contribution in [2.45, 2.75) is 19.3 Å². The highest BCUT2D eigenvalue weighted by atomic mass is 32.1. The summed E-state index contributed by atoms with van der Waals surface area (Å²) in [5, 5.41) is 6.98. The van der Waals surface area contributed by atoms with Crippen molar-refractivity contribution in [3.05, 3.63) is 51.7 Å². The molecule has 10 nitrogen and oxygen atoms in total. The maximum atomic E-state index is 13.1. The van der Waals surface area contributed by atoms with Crippen molar-refractivity contribution in [3.8, 4) is 0 Å². The zero-order valence-electron chi connectivity index (χ0n) is 17.0. The first-order valence-corrected chi connectivity index (χ1v) is 11.1. The lowest BCUT2D eigenvalue weighted by Crippen LogP contribution is -2.44. The Morgan fingerprint density at radius 1 is 1.32 bits per heavy atom. The third kappa shape index (κ3) is 2.81. The molecule has 0 bridgehead atoms. The van der Waals surface area contributed by atoms with Crippen molar-refractivity contribution in [2.75, 3.05) is 26.7 Å². The molecule has 0 spiro atoms. The van der Waals surface area contributed by atoms with Crippen LogP contribution in [0.15, 0.2) is 49.9 Å². The van der Waals surface area contributed by atoms with Gasteiger partial charge in [-0.2, -0.15) is 0 Å². The van der Waals surface area contributed by atoms with Crippen molar-refractivity contribution in [2.24, 2.45) is 15.8 Å². The molecule has 0 aromatic carbocycles. The highest BCUT2D eigenvalue weighted by molar-refractivity contribution is 7.10. The third-order valence-electron chi connectivity index (χ3n) is 6.10. The van der Waals surface area contributed by atoms with Gasteiger partial charge in [0.2, 0.25) is 6.29 Å². The molecular formula is C20H22N8O2S. The second-order valence-electron chi connectivity index (χ2n) is 7.86. The van der Waals surface area contributed by atoms with Gasteiger partial charge in [0.25, 0.3) is 0 Å². The van der Waals surface area contributed by atoms with E-state index >= 15 is 0 Å². The molecule has 0 radical (unpaired) electrons. The number of rotatable bonds is 4. The highest BCUT2D eigenvalue weighted by Crippen LogP contribution is 2.38. The third-order valence-corrected chi connectivity index (χ3v) is 7.12. The standard InChI is InChI=1S/C20H22N8O2S/c1-24-20(29)26(8-7-25-6-4-15-13(11-25)5-10-31-15)19-23-18-17(28(19)24)16(22-12-27(18)21)14-3-2-9-30-14/h2-3,5,9-10,12,19H,4,6-8,11,21H2,1H3. The number of carbonyl (C=O) groups excluding carboxylic acids is 1. The van der Waals surface area contributed by atoms with Gasteiger partial charge in [-0.1, -0.05) is 0 Å². The molecule has 1 saturated heterocycles. The van der Waals surface area contributed by atoms with Gasteiger partial charge in [0.1, 0.15) is 17.7 Å². The molecule has 1 fully saturated rings. The molecule has 11 heteroatoms. The number of furan rings is 1. The molecule has 4 aliphatic heterocycles. The quantitative estimate of drug-likeness (QED) is 0.728. The number of hydrogen-bond donors (Lipinski definition) is 1. The van der Waals surface area contributed by atoms with Crippen LogP contribution in [0.1, 0.15) is 16.2 Å². The molecular weight excluding hydrogens is 416 g/mol. The highest BCUT2D eigenvalue weighted by Gasteiger charge is 2.51. The van der Waals surface area contributed by atoms with Crippen LogP contribution in [0, 0.1) is 0 Å². The fourth-order valence-corrected chi connectivity index (χ4v) is 5.41. The number of amides is 2. The largest absolute Gasteiger partial charge is 0.463 e. The Hall–Kier alpha value is -3.15. The van der Waals surface area contributed by atoms with E-state index in [1.807, 2.05) is 22.4 Å². The van der Waals surface area contributed by atoms with Gasteiger partial charge in [-0.05, 0) is 35.6 Å². The van der Waals surface area contributed by atoms with Crippen LogP contribution in [0.25, 0.3) is 5.70 Å². The van der Waals surface area contributed by atoms with Gasteiger partial charge >= 0.3 is 6.03 Å². The van der Waals surface area contributed by atoms with Gasteiger partial charge in [-0.25, -0.2) is 35.6 Å². The second kappa shape index (κ2) is 6.94. The Kier molecular flexibility index (Phi) is 4.16. The van der Waals surface area contributed by atoms with E-state index in [0.717, 1.165) is 26.1 Å². The SMILES string of the molecule is CN1C(=O)N(CCN2CCc3sccc3C2)C2N=C3C(=C(c4ccco4)N=CN3N)N21. The van der Waals surface area contributed by atoms with E-state index < -0.39 is 6.29 Å². The first kappa shape index (κ1) is 18.6. The minimum Gasteiger partial charge on any atom is -0.463 e. The molecule has 6 heterocycles. The number of nitrogens with two attached hydrogens (primary N) is 1. The number of hydrogen-bond acceptors (Lipinski definition) is 9. The normalized spacial score (nSPS) is 23.0. The van der Waals surface area contributed by atoms with Crippen molar-refractivity contribution in [1.82, 2.24) is 24.8 Å². The lowest BCUT2D eigenvalue weighted by molar-refractivity contribution is 0.0839. The summed E-state index contributed by atoms with van der Waals surface area (Å²) < 4.78 is 5.57. The maximum Gasteiger partial charge on any atom is 0.341 e. The molecule has 31 heavy (non-hydrogen) atoms. The van der Waals surface area contributed by atoms with Gasteiger partial charge in [-0.3, -0.25) is 9.80 Å². The van der Waals surface area contributed by atoms with Gasteiger partial charge in [0.05, 0.1) is 6.26 Å². The number of carbonyl (C=O) groups is 1. The zero-order valence-corrected chi connectivity index (χ0v) is 17.8. The van der Waals surface area contributed by atoms with E-state index in [2.05, 4.69) is 21.3 Å². The summed E-state index contributed by atoms with van der Waals surface area (Å²) in [6.07, 6.45) is 3.69. The van der Waals surface area contributed by atoms with Crippen LogP contribution in [0.5, 0.6) is 0 Å². The molecule has 0 aliphatic carbocycles. The smallest absolute Gasteiger partial charge is 0.341 e. The number of fused-ring (bicyclic) bond motifs is 4. The Bertz CT molecular complexity index is 1120. The number of amidine groups is 1. The van der Waals surface area contributed by atoms with E-state index in [0.29, 0.717) is 29.5 Å². The van der Waals surface area contributed by atoms with Gasteiger partial charge in [0.15, 0.2) is 11.6 Å². The van der Waals surface area contributed by atoms with Crippen LogP contribution in [-0.4, -0.2) is 76.0 Å². The topological polar surface area (TPSA) is 97.1 Å². The Labute approximate surface area is 183 Å². The first-order chi connectivity index (χ1) is 15.1. The minimum absolute atomic E-state index is 0.0922. The molecule has 6 rings (SSSR count). The van der Waals surface area contributed by atoms with Gasteiger partial charge in [0, 0.05) is 38.1 Å². The number of thiophene rings is 1. The summed E-state index contributed by atoms with van der Waals surface area (Å²) in [6, 6.07) is 5.75. The number of urea groups is 1. The molecule has 160 valence electrons. The van der Waals surface area contributed by atoms with Crippen LogP contribution in [0.4, 0.5) is 4.79 Å². The predicted molar refractivity (Wildman–Crippen MR) is 116 cm³/mol. The molecule has 2 amide bonds. The molecule has 1 unspecified atom stereocenters. The monoisotopic (exact) mass is 438 g/mol. The fourth-order valence-electron chi connectivity index (χ4n) is 4.52. The number of aliphatic imine (C=N–C) groups is 2. The zero-order chi connectivity index (χ0) is 21.1. The van der Waals surface area contributed by atoms with Crippen LogP contribution in [0.2, 0.25) is 0 Å². The minimum atomic E-state index is -0.485. The number of nitrogens with zero attached hydrogens (tertiary/aromatic N) is 7. The van der Waals surface area contributed by atoms with Crippen LogP contribution in [0.3, 0.4) is 0 Å².